The summed E-state index contributed by atoms with van der Waals surface area (Å²) in [6.07, 6.45) is 1.48. The Kier molecular flexibility index (Phi) is 4.75. The number of nitrogens with zero attached hydrogens (tertiary/aromatic N) is 5. The fourth-order valence-corrected chi connectivity index (χ4v) is 4.39. The summed E-state index contributed by atoms with van der Waals surface area (Å²) in [5.41, 5.74) is 0.839. The lowest BCUT2D eigenvalue weighted by atomic mass is 10.1. The van der Waals surface area contributed by atoms with Gasteiger partial charge < -0.3 is 14.4 Å². The Morgan fingerprint density at radius 2 is 2.30 bits per heavy atom. The molecule has 4 heterocycles. The van der Waals surface area contributed by atoms with Crippen molar-refractivity contribution in [2.75, 3.05) is 31.3 Å². The first-order valence-corrected chi connectivity index (χ1v) is 9.56. The summed E-state index contributed by atoms with van der Waals surface area (Å²) in [7, 11) is 0. The Balaban J connectivity index is 1.86. The molecule has 1 atom stereocenters. The number of aryl methyl sites for hydroxylation is 2. The summed E-state index contributed by atoms with van der Waals surface area (Å²) in [6.45, 7) is 7.62. The maximum absolute atomic E-state index is 12.3. The number of esters is 1. The zero-order chi connectivity index (χ0) is 19.0. The van der Waals surface area contributed by atoms with Crippen LogP contribution in [0.15, 0.2) is 6.33 Å². The third-order valence-electron chi connectivity index (χ3n) is 4.49. The summed E-state index contributed by atoms with van der Waals surface area (Å²) in [6, 6.07) is -0.135. The van der Waals surface area contributed by atoms with E-state index in [0.29, 0.717) is 37.1 Å². The summed E-state index contributed by atoms with van der Waals surface area (Å²) in [5, 5.41) is 7.76. The van der Waals surface area contributed by atoms with Crippen LogP contribution in [0.3, 0.4) is 0 Å². The van der Waals surface area contributed by atoms with Gasteiger partial charge in [-0.1, -0.05) is 0 Å². The van der Waals surface area contributed by atoms with Crippen molar-refractivity contribution in [3.63, 3.8) is 0 Å². The van der Waals surface area contributed by atoms with Gasteiger partial charge in [0.15, 0.2) is 0 Å². The Bertz CT molecular complexity index is 971. The summed E-state index contributed by atoms with van der Waals surface area (Å²) in [5.74, 6) is 1.83. The molecule has 1 fully saturated rings. The van der Waals surface area contributed by atoms with Crippen molar-refractivity contribution < 1.29 is 14.3 Å². The number of carbonyl (C=O) groups is 1. The number of ether oxygens (including phenoxy) is 2. The zero-order valence-corrected chi connectivity index (χ0v) is 16.2. The molecular formula is C17H20N6O3S. The van der Waals surface area contributed by atoms with E-state index in [1.54, 1.807) is 6.92 Å². The van der Waals surface area contributed by atoms with Gasteiger partial charge in [0.1, 0.15) is 39.5 Å². The highest BCUT2D eigenvalue weighted by molar-refractivity contribution is 7.20. The van der Waals surface area contributed by atoms with Gasteiger partial charge in [-0.25, -0.2) is 19.7 Å². The summed E-state index contributed by atoms with van der Waals surface area (Å²) >= 11 is 1.34. The van der Waals surface area contributed by atoms with Gasteiger partial charge in [0.25, 0.3) is 0 Å². The van der Waals surface area contributed by atoms with E-state index in [4.69, 9.17) is 14.5 Å². The van der Waals surface area contributed by atoms with E-state index in [9.17, 15) is 4.79 Å². The average molecular weight is 388 g/mol. The molecule has 1 N–H and O–H groups in total. The van der Waals surface area contributed by atoms with E-state index in [2.05, 4.69) is 25.1 Å². The molecule has 3 aromatic heterocycles. The van der Waals surface area contributed by atoms with Gasteiger partial charge in [0.05, 0.1) is 25.2 Å². The molecule has 0 amide bonds. The molecule has 0 spiro atoms. The van der Waals surface area contributed by atoms with Crippen LogP contribution in [0.4, 0.5) is 5.82 Å². The standard InChI is InChI=1S/C17H20N6O3S/c1-4-26-17(24)13-9(2)12-15(20-10(3)21-16(12)27-13)23-5-6-25-7-11(23)14-18-8-19-22-14/h8,11H,4-7H2,1-3H3,(H,18,19,22)/t11-/m1/s1. The highest BCUT2D eigenvalue weighted by Gasteiger charge is 2.31. The topological polar surface area (TPSA) is 106 Å². The van der Waals surface area contributed by atoms with Crippen molar-refractivity contribution in [1.29, 1.82) is 0 Å². The van der Waals surface area contributed by atoms with Crippen LogP contribution in [0.2, 0.25) is 0 Å². The fraction of sp³-hybridized carbons (Fsp3) is 0.471. The zero-order valence-electron chi connectivity index (χ0n) is 15.4. The maximum atomic E-state index is 12.3. The van der Waals surface area contributed by atoms with Gasteiger partial charge in [0, 0.05) is 6.54 Å². The number of morpholine rings is 1. The number of fused-ring (bicyclic) bond motifs is 1. The Morgan fingerprint density at radius 1 is 1.44 bits per heavy atom. The van der Waals surface area contributed by atoms with Crippen LogP contribution in [0.5, 0.6) is 0 Å². The maximum Gasteiger partial charge on any atom is 0.348 e. The third kappa shape index (κ3) is 3.15. The second-order valence-electron chi connectivity index (χ2n) is 6.21. The Hall–Kier alpha value is -2.59. The van der Waals surface area contributed by atoms with E-state index in [0.717, 1.165) is 27.4 Å². The van der Waals surface area contributed by atoms with Gasteiger partial charge in [-0.3, -0.25) is 5.10 Å². The molecule has 1 saturated heterocycles. The second kappa shape index (κ2) is 7.20. The minimum absolute atomic E-state index is 0.135. The number of rotatable bonds is 4. The molecule has 0 bridgehead atoms. The predicted molar refractivity (Wildman–Crippen MR) is 100 cm³/mol. The first-order valence-electron chi connectivity index (χ1n) is 8.74. The first kappa shape index (κ1) is 17.8. The number of anilines is 1. The van der Waals surface area contributed by atoms with E-state index in [-0.39, 0.29) is 12.0 Å². The fourth-order valence-electron chi connectivity index (χ4n) is 3.28. The molecule has 4 rings (SSSR count). The normalized spacial score (nSPS) is 17.4. The Labute approximate surface area is 159 Å². The van der Waals surface area contributed by atoms with Crippen molar-refractivity contribution >= 4 is 33.3 Å². The predicted octanol–water partition coefficient (Wildman–Crippen LogP) is 2.18. The monoisotopic (exact) mass is 388 g/mol. The van der Waals surface area contributed by atoms with Crippen molar-refractivity contribution in [1.82, 2.24) is 25.1 Å². The molecule has 0 saturated carbocycles. The summed E-state index contributed by atoms with van der Waals surface area (Å²) < 4.78 is 10.9. The number of thiophene rings is 1. The molecule has 9 nitrogen and oxygen atoms in total. The van der Waals surface area contributed by atoms with E-state index in [1.165, 1.54) is 17.7 Å². The lowest BCUT2D eigenvalue weighted by molar-refractivity contribution is 0.0531. The van der Waals surface area contributed by atoms with Gasteiger partial charge in [-0.05, 0) is 26.3 Å². The Morgan fingerprint density at radius 3 is 3.04 bits per heavy atom. The minimum atomic E-state index is -0.324. The third-order valence-corrected chi connectivity index (χ3v) is 5.66. The van der Waals surface area contributed by atoms with E-state index >= 15 is 0 Å². The van der Waals surface area contributed by atoms with Gasteiger partial charge in [0.2, 0.25) is 0 Å². The van der Waals surface area contributed by atoms with Crippen LogP contribution in [0.25, 0.3) is 10.2 Å². The number of nitrogens with one attached hydrogen (secondary N) is 1. The number of aromatic nitrogens is 5. The number of aromatic amines is 1. The molecule has 10 heteroatoms. The average Bonchev–Trinajstić information content (AvgIpc) is 3.30. The van der Waals surface area contributed by atoms with Crippen LogP contribution >= 0.6 is 11.3 Å². The molecule has 0 aliphatic carbocycles. The van der Waals surface area contributed by atoms with Crippen molar-refractivity contribution in [2.45, 2.75) is 26.8 Å². The number of hydrogen-bond donors (Lipinski definition) is 1. The molecule has 1 aliphatic rings. The molecule has 1 aliphatic heterocycles. The van der Waals surface area contributed by atoms with Crippen molar-refractivity contribution in [3.8, 4) is 0 Å². The van der Waals surface area contributed by atoms with E-state index < -0.39 is 0 Å². The summed E-state index contributed by atoms with van der Waals surface area (Å²) in [4.78, 5) is 29.4. The smallest absolute Gasteiger partial charge is 0.348 e. The molecule has 0 aromatic carbocycles. The van der Waals surface area contributed by atoms with Crippen molar-refractivity contribution in [2.24, 2.45) is 0 Å². The van der Waals surface area contributed by atoms with E-state index in [1.807, 2.05) is 13.8 Å². The lowest BCUT2D eigenvalue weighted by Crippen LogP contribution is -2.41. The number of H-pyrrole nitrogens is 1. The van der Waals surface area contributed by atoms with Crippen LogP contribution in [-0.4, -0.2) is 57.5 Å². The van der Waals surface area contributed by atoms with Gasteiger partial charge in [-0.15, -0.1) is 11.3 Å². The first-order chi connectivity index (χ1) is 13.1. The molecular weight excluding hydrogens is 368 g/mol. The van der Waals surface area contributed by atoms with Crippen molar-refractivity contribution in [3.05, 3.63) is 28.4 Å². The number of hydrogen-bond acceptors (Lipinski definition) is 9. The molecule has 142 valence electrons. The van der Waals surface area contributed by atoms with Gasteiger partial charge >= 0.3 is 5.97 Å². The minimum Gasteiger partial charge on any atom is -0.462 e. The van der Waals surface area contributed by atoms with Crippen LogP contribution in [0.1, 0.15) is 39.8 Å². The highest BCUT2D eigenvalue weighted by atomic mass is 32.1. The van der Waals surface area contributed by atoms with Gasteiger partial charge in [-0.2, -0.15) is 5.10 Å². The second-order valence-corrected chi connectivity index (χ2v) is 7.21. The number of carbonyl (C=O) groups excluding carboxylic acids is 1. The molecule has 0 radical (unpaired) electrons. The van der Waals surface area contributed by atoms with Crippen LogP contribution < -0.4 is 4.90 Å². The van der Waals surface area contributed by atoms with Crippen LogP contribution in [-0.2, 0) is 9.47 Å². The SMILES string of the molecule is CCOC(=O)c1sc2nc(C)nc(N3CCOC[C@@H]3c3ncn[nH]3)c2c1C. The highest BCUT2D eigenvalue weighted by Crippen LogP contribution is 2.38. The quantitative estimate of drug-likeness (QED) is 0.678. The lowest BCUT2D eigenvalue weighted by Gasteiger charge is -2.35. The molecule has 27 heavy (non-hydrogen) atoms. The molecule has 0 unspecified atom stereocenters. The molecule has 3 aromatic rings. The largest absolute Gasteiger partial charge is 0.462 e. The van der Waals surface area contributed by atoms with Crippen LogP contribution in [0, 0.1) is 13.8 Å².